The Bertz CT molecular complexity index is 477. The van der Waals surface area contributed by atoms with Gasteiger partial charge in [-0.05, 0) is 24.3 Å². The number of carbonyl (C=O) groups is 2. The van der Waals surface area contributed by atoms with Gasteiger partial charge in [-0.2, -0.15) is 0 Å². The van der Waals surface area contributed by atoms with Gasteiger partial charge in [0.2, 0.25) is 5.91 Å². The molecule has 0 aliphatic rings. The van der Waals surface area contributed by atoms with Crippen molar-refractivity contribution in [2.75, 3.05) is 30.8 Å². The van der Waals surface area contributed by atoms with Crippen LogP contribution in [0.25, 0.3) is 0 Å². The fourth-order valence-corrected chi connectivity index (χ4v) is 1.26. The molecule has 0 heterocycles. The molecule has 0 aliphatic heterocycles. The van der Waals surface area contributed by atoms with Crippen molar-refractivity contribution in [1.29, 1.82) is 0 Å². The van der Waals surface area contributed by atoms with E-state index >= 15 is 0 Å². The maximum Gasteiger partial charge on any atom is 0.411 e. The van der Waals surface area contributed by atoms with Gasteiger partial charge < -0.3 is 10.1 Å². The lowest BCUT2D eigenvalue weighted by Crippen LogP contribution is -2.28. The third kappa shape index (κ3) is 5.57. The third-order valence-electron chi connectivity index (χ3n) is 2.11. The number of carbonyl (C=O) groups excluding carboxylic acids is 2. The third-order valence-corrected chi connectivity index (χ3v) is 2.11. The van der Waals surface area contributed by atoms with Crippen molar-refractivity contribution in [2.24, 2.45) is 0 Å². The van der Waals surface area contributed by atoms with Crippen molar-refractivity contribution in [3.63, 3.8) is 0 Å². The number of benzene rings is 1. The van der Waals surface area contributed by atoms with Crippen molar-refractivity contribution < 1.29 is 14.3 Å². The van der Waals surface area contributed by atoms with E-state index < -0.39 is 6.09 Å². The normalized spacial score (nSPS) is 9.26. The maximum absolute atomic E-state index is 11.5. The molecule has 2 amide bonds. The van der Waals surface area contributed by atoms with Crippen LogP contribution >= 0.6 is 0 Å². The largest absolute Gasteiger partial charge is 0.453 e. The molecule has 0 aromatic heterocycles. The molecule has 0 spiro atoms. The lowest BCUT2D eigenvalue weighted by molar-refractivity contribution is -0.115. The number of nitrogens with one attached hydrogen (secondary N) is 3. The summed E-state index contributed by atoms with van der Waals surface area (Å²) in [5.41, 5.74) is 1.21. The van der Waals surface area contributed by atoms with Crippen LogP contribution < -0.4 is 16.0 Å². The number of ether oxygens (including phenoxy) is 1. The Kier molecular flexibility index (Phi) is 5.92. The van der Waals surface area contributed by atoms with E-state index in [1.54, 1.807) is 24.3 Å². The van der Waals surface area contributed by atoms with Crippen LogP contribution in [-0.2, 0) is 9.53 Å². The minimum atomic E-state index is -0.546. The lowest BCUT2D eigenvalue weighted by atomic mass is 10.3. The van der Waals surface area contributed by atoms with Gasteiger partial charge in [0, 0.05) is 11.4 Å². The van der Waals surface area contributed by atoms with Crippen LogP contribution in [0.5, 0.6) is 0 Å². The number of rotatable bonds is 5. The molecule has 1 aromatic carbocycles. The van der Waals surface area contributed by atoms with Crippen LogP contribution in [0.2, 0.25) is 0 Å². The molecule has 0 atom stereocenters. The Hall–Kier alpha value is -2.52. The number of anilines is 2. The molecule has 0 bridgehead atoms. The highest BCUT2D eigenvalue weighted by Crippen LogP contribution is 2.13. The number of terminal acetylenes is 1. The van der Waals surface area contributed by atoms with Crippen molar-refractivity contribution in [2.45, 2.75) is 0 Å². The molecule has 0 unspecified atom stereocenters. The van der Waals surface area contributed by atoms with Gasteiger partial charge in [-0.15, -0.1) is 6.42 Å². The van der Waals surface area contributed by atoms with E-state index in [-0.39, 0.29) is 12.5 Å². The summed E-state index contributed by atoms with van der Waals surface area (Å²) in [5.74, 6) is 2.18. The van der Waals surface area contributed by atoms with Gasteiger partial charge in [-0.3, -0.25) is 15.4 Å². The second-order valence-corrected chi connectivity index (χ2v) is 3.55. The number of hydrogen-bond acceptors (Lipinski definition) is 4. The first kappa shape index (κ1) is 14.5. The molecule has 6 nitrogen and oxygen atoms in total. The van der Waals surface area contributed by atoms with Crippen LogP contribution in [0.1, 0.15) is 0 Å². The molecule has 0 saturated carbocycles. The molecular formula is C13H15N3O3. The van der Waals surface area contributed by atoms with E-state index in [0.29, 0.717) is 17.9 Å². The molecule has 0 saturated heterocycles. The van der Waals surface area contributed by atoms with E-state index in [2.05, 4.69) is 26.6 Å². The Morgan fingerprint density at radius 2 is 1.79 bits per heavy atom. The Morgan fingerprint density at radius 1 is 1.21 bits per heavy atom. The first-order chi connectivity index (χ1) is 9.15. The fourth-order valence-electron chi connectivity index (χ4n) is 1.26. The molecule has 6 heteroatoms. The quantitative estimate of drug-likeness (QED) is 0.546. The summed E-state index contributed by atoms with van der Waals surface area (Å²) in [6.07, 6.45) is 4.50. The highest BCUT2D eigenvalue weighted by Gasteiger charge is 2.03. The van der Waals surface area contributed by atoms with Crippen molar-refractivity contribution >= 4 is 23.4 Å². The van der Waals surface area contributed by atoms with Crippen molar-refractivity contribution in [1.82, 2.24) is 5.32 Å². The van der Waals surface area contributed by atoms with Gasteiger partial charge in [0.25, 0.3) is 0 Å². The van der Waals surface area contributed by atoms with Crippen molar-refractivity contribution in [3.8, 4) is 12.3 Å². The molecule has 0 fully saturated rings. The van der Waals surface area contributed by atoms with Gasteiger partial charge in [-0.1, -0.05) is 5.92 Å². The lowest BCUT2D eigenvalue weighted by Gasteiger charge is -2.07. The molecular weight excluding hydrogens is 246 g/mol. The fraction of sp³-hybridized carbons (Fsp3) is 0.231. The summed E-state index contributed by atoms with van der Waals surface area (Å²) < 4.78 is 4.46. The van der Waals surface area contributed by atoms with Gasteiger partial charge in [0.1, 0.15) is 0 Å². The zero-order valence-electron chi connectivity index (χ0n) is 10.5. The molecule has 3 N–H and O–H groups in total. The Morgan fingerprint density at radius 3 is 2.32 bits per heavy atom. The SMILES string of the molecule is C#CCNCC(=O)Nc1ccc(NC(=O)OC)cc1. The highest BCUT2D eigenvalue weighted by atomic mass is 16.5. The first-order valence-corrected chi connectivity index (χ1v) is 5.54. The molecule has 0 radical (unpaired) electrons. The summed E-state index contributed by atoms with van der Waals surface area (Å²) >= 11 is 0. The first-order valence-electron chi connectivity index (χ1n) is 5.54. The maximum atomic E-state index is 11.5. The van der Waals surface area contributed by atoms with E-state index in [1.165, 1.54) is 7.11 Å². The van der Waals surface area contributed by atoms with Crippen molar-refractivity contribution in [3.05, 3.63) is 24.3 Å². The minimum absolute atomic E-state index is 0.145. The summed E-state index contributed by atoms with van der Waals surface area (Å²) in [5, 5.41) is 7.97. The minimum Gasteiger partial charge on any atom is -0.453 e. The van der Waals surface area contributed by atoms with Crippen LogP contribution in [0.15, 0.2) is 24.3 Å². The Labute approximate surface area is 111 Å². The second-order valence-electron chi connectivity index (χ2n) is 3.55. The van der Waals surface area contributed by atoms with Crippen LogP contribution in [-0.4, -0.2) is 32.2 Å². The molecule has 1 aromatic rings. The van der Waals surface area contributed by atoms with Crippen LogP contribution in [0.3, 0.4) is 0 Å². The predicted molar refractivity (Wildman–Crippen MR) is 72.8 cm³/mol. The topological polar surface area (TPSA) is 79.5 Å². The molecule has 100 valence electrons. The Balaban J connectivity index is 2.46. The van der Waals surface area contributed by atoms with E-state index in [0.717, 1.165) is 0 Å². The van der Waals surface area contributed by atoms with Gasteiger partial charge in [0.05, 0.1) is 20.2 Å². The van der Waals surface area contributed by atoms with Gasteiger partial charge in [-0.25, -0.2) is 4.79 Å². The summed E-state index contributed by atoms with van der Waals surface area (Å²) in [6.45, 7) is 0.488. The second kappa shape index (κ2) is 7.74. The van der Waals surface area contributed by atoms with E-state index in [9.17, 15) is 9.59 Å². The van der Waals surface area contributed by atoms with E-state index in [4.69, 9.17) is 6.42 Å². The van der Waals surface area contributed by atoms with Gasteiger partial charge in [0.15, 0.2) is 0 Å². The average molecular weight is 261 g/mol. The number of methoxy groups -OCH3 is 1. The highest BCUT2D eigenvalue weighted by molar-refractivity contribution is 5.92. The summed E-state index contributed by atoms with van der Waals surface area (Å²) in [4.78, 5) is 22.4. The molecule has 0 aliphatic carbocycles. The van der Waals surface area contributed by atoms with Gasteiger partial charge >= 0.3 is 6.09 Å². The zero-order chi connectivity index (χ0) is 14.1. The summed E-state index contributed by atoms with van der Waals surface area (Å²) in [6, 6.07) is 6.65. The van der Waals surface area contributed by atoms with Crippen LogP contribution in [0, 0.1) is 12.3 Å². The van der Waals surface area contributed by atoms with E-state index in [1.807, 2.05) is 0 Å². The monoisotopic (exact) mass is 261 g/mol. The number of amides is 2. The summed E-state index contributed by atoms with van der Waals surface area (Å²) in [7, 11) is 1.28. The molecule has 1 rings (SSSR count). The predicted octanol–water partition coefficient (Wildman–Crippen LogP) is 1.03. The average Bonchev–Trinajstić information content (AvgIpc) is 2.41. The number of hydrogen-bond donors (Lipinski definition) is 3. The smallest absolute Gasteiger partial charge is 0.411 e. The standard InChI is InChI=1S/C13H15N3O3/c1-3-8-14-9-12(17)15-10-4-6-11(7-5-10)16-13(18)19-2/h1,4-7,14H,8-9H2,2H3,(H,15,17)(H,16,18). The zero-order valence-corrected chi connectivity index (χ0v) is 10.5. The molecule has 19 heavy (non-hydrogen) atoms. The van der Waals surface area contributed by atoms with Crippen LogP contribution in [0.4, 0.5) is 16.2 Å².